The van der Waals surface area contributed by atoms with Gasteiger partial charge in [0.05, 0.1) is 32.3 Å². The van der Waals surface area contributed by atoms with Crippen LogP contribution >= 0.6 is 0 Å². The van der Waals surface area contributed by atoms with Crippen molar-refractivity contribution in [3.05, 3.63) is 55.0 Å². The molecule has 6 nitrogen and oxygen atoms in total. The fraction of sp³-hybridized carbons (Fsp3) is 0.389. The highest BCUT2D eigenvalue weighted by molar-refractivity contribution is 5.84. The number of benzene rings is 1. The van der Waals surface area contributed by atoms with Crippen LogP contribution in [0, 0.1) is 0 Å². The van der Waals surface area contributed by atoms with Crippen LogP contribution in [0.2, 0.25) is 0 Å². The van der Waals surface area contributed by atoms with Crippen LogP contribution in [0.5, 0.6) is 0 Å². The van der Waals surface area contributed by atoms with Gasteiger partial charge in [0, 0.05) is 29.8 Å². The number of hydrogen-bond acceptors (Lipinski definition) is 5. The zero-order chi connectivity index (χ0) is 16.4. The third-order valence-electron chi connectivity index (χ3n) is 4.17. The maximum Gasteiger partial charge on any atom is 0.248 e. The molecular formula is C18H20N2O4. The molecule has 1 fully saturated rings. The molecule has 0 aliphatic carbocycles. The van der Waals surface area contributed by atoms with Crippen molar-refractivity contribution in [2.24, 2.45) is 0 Å². The molecule has 1 aliphatic heterocycles. The van der Waals surface area contributed by atoms with Crippen LogP contribution in [0.1, 0.15) is 12.7 Å². The quantitative estimate of drug-likeness (QED) is 0.696. The average Bonchev–Trinajstić information content (AvgIpc) is 3.33. The number of imidazole rings is 1. The second-order valence-corrected chi connectivity index (χ2v) is 5.85. The molecule has 126 valence electrons. The second-order valence-electron chi connectivity index (χ2n) is 5.85. The first-order chi connectivity index (χ1) is 11.8. The van der Waals surface area contributed by atoms with Gasteiger partial charge in [-0.2, -0.15) is 0 Å². The molecule has 4 rings (SSSR count). The highest BCUT2D eigenvalue weighted by atomic mass is 16.8. The van der Waals surface area contributed by atoms with Gasteiger partial charge in [-0.05, 0) is 6.92 Å². The highest BCUT2D eigenvalue weighted by Gasteiger charge is 2.47. The summed E-state index contributed by atoms with van der Waals surface area (Å²) in [6, 6.07) is 8.00. The summed E-state index contributed by atoms with van der Waals surface area (Å²) in [6.07, 6.45) is 6.98. The lowest BCUT2D eigenvalue weighted by molar-refractivity contribution is -0.201. The van der Waals surface area contributed by atoms with Crippen molar-refractivity contribution in [2.75, 3.05) is 19.8 Å². The molecule has 1 aromatic carbocycles. The van der Waals surface area contributed by atoms with E-state index in [1.54, 1.807) is 18.8 Å². The molecule has 1 aliphatic rings. The Morgan fingerprint density at radius 3 is 3.12 bits per heavy atom. The third-order valence-corrected chi connectivity index (χ3v) is 4.17. The molecule has 0 N–H and O–H groups in total. The second kappa shape index (κ2) is 6.39. The third kappa shape index (κ3) is 2.73. The van der Waals surface area contributed by atoms with Crippen molar-refractivity contribution in [3.8, 4) is 0 Å². The molecule has 6 heteroatoms. The zero-order valence-electron chi connectivity index (χ0n) is 13.6. The van der Waals surface area contributed by atoms with Gasteiger partial charge >= 0.3 is 0 Å². The summed E-state index contributed by atoms with van der Waals surface area (Å²) in [5.74, 6) is -0.295. The van der Waals surface area contributed by atoms with Gasteiger partial charge < -0.3 is 23.2 Å². The molecule has 0 radical (unpaired) electrons. The molecule has 2 atom stereocenters. The number of fused-ring (bicyclic) bond motifs is 1. The SMILES string of the molecule is CCOCC1COC(Cn2ccnc2)(c2occ3ccccc23)O1. The normalized spacial score (nSPS) is 24.0. The monoisotopic (exact) mass is 328 g/mol. The Kier molecular flexibility index (Phi) is 4.10. The summed E-state index contributed by atoms with van der Waals surface area (Å²) >= 11 is 0. The van der Waals surface area contributed by atoms with Crippen LogP contribution in [0.25, 0.3) is 10.8 Å². The molecule has 3 aromatic rings. The van der Waals surface area contributed by atoms with E-state index in [4.69, 9.17) is 18.6 Å². The number of nitrogens with zero attached hydrogens (tertiary/aromatic N) is 2. The Labute approximate surface area is 139 Å². The number of rotatable bonds is 6. The fourth-order valence-corrected chi connectivity index (χ4v) is 3.08. The average molecular weight is 328 g/mol. The van der Waals surface area contributed by atoms with Gasteiger partial charge in [0.1, 0.15) is 6.10 Å². The molecule has 2 aromatic heterocycles. The molecule has 0 amide bonds. The number of hydrogen-bond donors (Lipinski definition) is 0. The van der Waals surface area contributed by atoms with E-state index in [0.29, 0.717) is 32.1 Å². The smallest absolute Gasteiger partial charge is 0.248 e. The molecular weight excluding hydrogens is 308 g/mol. The first-order valence-corrected chi connectivity index (χ1v) is 8.13. The lowest BCUT2D eigenvalue weighted by Crippen LogP contribution is -2.33. The molecule has 3 heterocycles. The lowest BCUT2D eigenvalue weighted by atomic mass is 10.1. The lowest BCUT2D eigenvalue weighted by Gasteiger charge is -2.26. The highest BCUT2D eigenvalue weighted by Crippen LogP contribution is 2.40. The topological polar surface area (TPSA) is 58.7 Å². The summed E-state index contributed by atoms with van der Waals surface area (Å²) in [7, 11) is 0. The summed E-state index contributed by atoms with van der Waals surface area (Å²) in [4.78, 5) is 4.10. The molecule has 0 saturated carbocycles. The summed E-state index contributed by atoms with van der Waals surface area (Å²) in [5.41, 5.74) is 0. The van der Waals surface area contributed by atoms with E-state index in [0.717, 1.165) is 10.8 Å². The van der Waals surface area contributed by atoms with E-state index < -0.39 is 5.79 Å². The number of furan rings is 1. The van der Waals surface area contributed by atoms with Crippen molar-refractivity contribution in [3.63, 3.8) is 0 Å². The Hall–Kier alpha value is -2.15. The van der Waals surface area contributed by atoms with Crippen LogP contribution in [-0.4, -0.2) is 35.5 Å². The molecule has 1 saturated heterocycles. The van der Waals surface area contributed by atoms with E-state index in [9.17, 15) is 0 Å². The van der Waals surface area contributed by atoms with Gasteiger partial charge in [-0.1, -0.05) is 24.3 Å². The van der Waals surface area contributed by atoms with Crippen LogP contribution in [0.3, 0.4) is 0 Å². The van der Waals surface area contributed by atoms with Crippen molar-refractivity contribution < 1.29 is 18.6 Å². The summed E-state index contributed by atoms with van der Waals surface area (Å²) in [6.45, 7) is 4.05. The Morgan fingerprint density at radius 2 is 2.29 bits per heavy atom. The van der Waals surface area contributed by atoms with Crippen LogP contribution < -0.4 is 0 Å². The molecule has 24 heavy (non-hydrogen) atoms. The number of ether oxygens (including phenoxy) is 3. The Bertz CT molecular complexity index is 798. The minimum absolute atomic E-state index is 0.127. The van der Waals surface area contributed by atoms with E-state index in [1.807, 2.05) is 42.0 Å². The minimum atomic E-state index is -0.981. The van der Waals surface area contributed by atoms with Crippen molar-refractivity contribution >= 4 is 10.8 Å². The Balaban J connectivity index is 1.71. The van der Waals surface area contributed by atoms with Gasteiger partial charge in [-0.3, -0.25) is 0 Å². The maximum atomic E-state index is 6.29. The van der Waals surface area contributed by atoms with Gasteiger partial charge in [0.15, 0.2) is 5.76 Å². The predicted molar refractivity (Wildman–Crippen MR) is 87.4 cm³/mol. The maximum absolute atomic E-state index is 6.29. The number of aromatic nitrogens is 2. The zero-order valence-corrected chi connectivity index (χ0v) is 13.6. The fourth-order valence-electron chi connectivity index (χ4n) is 3.08. The molecule has 0 spiro atoms. The molecule has 0 bridgehead atoms. The summed E-state index contributed by atoms with van der Waals surface area (Å²) < 4.78 is 25.7. The van der Waals surface area contributed by atoms with Crippen LogP contribution in [0.4, 0.5) is 0 Å². The predicted octanol–water partition coefficient (Wildman–Crippen LogP) is 2.93. The molecule has 2 unspecified atom stereocenters. The van der Waals surface area contributed by atoms with Crippen molar-refractivity contribution in [1.29, 1.82) is 0 Å². The van der Waals surface area contributed by atoms with Crippen molar-refractivity contribution in [1.82, 2.24) is 9.55 Å². The van der Waals surface area contributed by atoms with E-state index >= 15 is 0 Å². The Morgan fingerprint density at radius 1 is 1.38 bits per heavy atom. The van der Waals surface area contributed by atoms with Gasteiger partial charge in [0.25, 0.3) is 0 Å². The first kappa shape index (κ1) is 15.4. The minimum Gasteiger partial charge on any atom is -0.462 e. The van der Waals surface area contributed by atoms with Gasteiger partial charge in [0.2, 0.25) is 5.79 Å². The van der Waals surface area contributed by atoms with E-state index in [-0.39, 0.29) is 6.10 Å². The van der Waals surface area contributed by atoms with E-state index in [1.165, 1.54) is 0 Å². The van der Waals surface area contributed by atoms with Gasteiger partial charge in [-0.15, -0.1) is 0 Å². The summed E-state index contributed by atoms with van der Waals surface area (Å²) in [5, 5.41) is 2.02. The van der Waals surface area contributed by atoms with Crippen LogP contribution in [-0.2, 0) is 26.5 Å². The van der Waals surface area contributed by atoms with Crippen molar-refractivity contribution in [2.45, 2.75) is 25.4 Å². The van der Waals surface area contributed by atoms with Crippen LogP contribution in [0.15, 0.2) is 53.7 Å². The standard InChI is InChI=1S/C18H20N2O4/c1-2-21-10-15-11-23-18(24-15,12-20-8-7-19-13-20)17-16-6-4-3-5-14(16)9-22-17/h3-9,13,15H,2,10-12H2,1H3. The first-order valence-electron chi connectivity index (χ1n) is 8.13. The van der Waals surface area contributed by atoms with Gasteiger partial charge in [-0.25, -0.2) is 4.98 Å². The largest absolute Gasteiger partial charge is 0.462 e. The van der Waals surface area contributed by atoms with E-state index in [2.05, 4.69) is 4.98 Å².